The molecule has 5 heteroatoms. The van der Waals surface area contributed by atoms with Crippen LogP contribution < -0.4 is 10.3 Å². The van der Waals surface area contributed by atoms with Gasteiger partial charge in [0, 0.05) is 5.56 Å². The Kier molecular flexibility index (Phi) is 2.15. The number of para-hydroxylation sites is 1. The Balaban J connectivity index is 2.13. The van der Waals surface area contributed by atoms with Crippen LogP contribution in [0.15, 0.2) is 36.8 Å². The van der Waals surface area contributed by atoms with E-state index in [2.05, 4.69) is 15.4 Å². The van der Waals surface area contributed by atoms with Gasteiger partial charge in [-0.05, 0) is 12.1 Å². The molecule has 0 aliphatic carbocycles. The van der Waals surface area contributed by atoms with Gasteiger partial charge >= 0.3 is 0 Å². The summed E-state index contributed by atoms with van der Waals surface area (Å²) in [5.41, 5.74) is 4.45. The fourth-order valence-electron chi connectivity index (χ4n) is 1.70. The van der Waals surface area contributed by atoms with E-state index in [1.54, 1.807) is 24.7 Å². The molecular weight excluding hydrogens is 218 g/mol. The molecule has 2 aromatic rings. The summed E-state index contributed by atoms with van der Waals surface area (Å²) in [4.78, 5) is 23.7. The van der Waals surface area contributed by atoms with Crippen LogP contribution in [-0.2, 0) is 4.79 Å². The standard InChI is InChI=1S/C12H9N3O2/c16-12-10(5-8-6-13-7-14-8)9-3-1-2-4-11(9)17-15-12/h1-7H,(H,13,14)(H,15,16). The van der Waals surface area contributed by atoms with E-state index in [0.717, 1.165) is 11.3 Å². The number of carbonyl (C=O) groups is 1. The van der Waals surface area contributed by atoms with Gasteiger partial charge in [-0.25, -0.2) is 4.98 Å². The molecular formula is C12H9N3O2. The first-order chi connectivity index (χ1) is 8.34. The number of aromatic nitrogens is 2. The predicted octanol–water partition coefficient (Wildman–Crippen LogP) is 1.37. The minimum absolute atomic E-state index is 0.265. The summed E-state index contributed by atoms with van der Waals surface area (Å²) >= 11 is 0. The molecule has 0 bridgehead atoms. The van der Waals surface area contributed by atoms with Crippen molar-refractivity contribution in [2.45, 2.75) is 0 Å². The molecule has 0 radical (unpaired) electrons. The number of imidazole rings is 1. The molecule has 0 saturated heterocycles. The first-order valence-electron chi connectivity index (χ1n) is 5.11. The molecule has 84 valence electrons. The van der Waals surface area contributed by atoms with Crippen molar-refractivity contribution in [2.75, 3.05) is 0 Å². The summed E-state index contributed by atoms with van der Waals surface area (Å²) in [6, 6.07) is 7.36. The number of carbonyl (C=O) groups excluding carboxylic acids is 1. The molecule has 1 aromatic carbocycles. The van der Waals surface area contributed by atoms with E-state index in [0.29, 0.717) is 11.3 Å². The van der Waals surface area contributed by atoms with Crippen molar-refractivity contribution in [3.05, 3.63) is 48.0 Å². The summed E-state index contributed by atoms with van der Waals surface area (Å²) < 4.78 is 0. The number of nitrogens with zero attached hydrogens (tertiary/aromatic N) is 1. The van der Waals surface area contributed by atoms with Crippen molar-refractivity contribution in [3.8, 4) is 5.75 Å². The van der Waals surface area contributed by atoms with Crippen LogP contribution >= 0.6 is 0 Å². The van der Waals surface area contributed by atoms with E-state index in [1.807, 2.05) is 18.2 Å². The first kappa shape index (κ1) is 9.65. The quantitative estimate of drug-likeness (QED) is 0.723. The number of amides is 1. The van der Waals surface area contributed by atoms with Gasteiger partial charge in [0.05, 0.1) is 23.8 Å². The fraction of sp³-hybridized carbons (Fsp3) is 0. The van der Waals surface area contributed by atoms with Crippen molar-refractivity contribution in [3.63, 3.8) is 0 Å². The van der Waals surface area contributed by atoms with E-state index < -0.39 is 0 Å². The van der Waals surface area contributed by atoms with Crippen LogP contribution in [-0.4, -0.2) is 15.9 Å². The van der Waals surface area contributed by atoms with E-state index >= 15 is 0 Å². The van der Waals surface area contributed by atoms with Crippen LogP contribution in [0.5, 0.6) is 5.75 Å². The van der Waals surface area contributed by atoms with Gasteiger partial charge in [-0.1, -0.05) is 18.2 Å². The Bertz CT molecular complexity index is 588. The van der Waals surface area contributed by atoms with Gasteiger partial charge < -0.3 is 9.82 Å². The van der Waals surface area contributed by atoms with Crippen LogP contribution in [0.2, 0.25) is 0 Å². The summed E-state index contributed by atoms with van der Waals surface area (Å²) in [5.74, 6) is 0.371. The number of H-pyrrole nitrogens is 1. The van der Waals surface area contributed by atoms with E-state index in [9.17, 15) is 4.79 Å². The molecule has 0 spiro atoms. The van der Waals surface area contributed by atoms with Crippen molar-refractivity contribution in [2.24, 2.45) is 0 Å². The van der Waals surface area contributed by atoms with Crippen LogP contribution in [0.25, 0.3) is 11.6 Å². The highest BCUT2D eigenvalue weighted by molar-refractivity contribution is 6.25. The third kappa shape index (κ3) is 1.67. The number of hydrogen-bond acceptors (Lipinski definition) is 3. The maximum Gasteiger partial charge on any atom is 0.284 e. The molecule has 2 N–H and O–H groups in total. The maximum atomic E-state index is 11.7. The molecule has 1 aliphatic rings. The first-order valence-corrected chi connectivity index (χ1v) is 5.11. The van der Waals surface area contributed by atoms with E-state index in [4.69, 9.17) is 4.84 Å². The number of aromatic amines is 1. The van der Waals surface area contributed by atoms with Gasteiger partial charge in [0.2, 0.25) is 0 Å². The molecule has 1 aromatic heterocycles. The molecule has 17 heavy (non-hydrogen) atoms. The molecule has 0 saturated carbocycles. The summed E-state index contributed by atoms with van der Waals surface area (Å²) in [6.07, 6.45) is 4.96. The second kappa shape index (κ2) is 3.79. The lowest BCUT2D eigenvalue weighted by Gasteiger charge is -2.18. The number of fused-ring (bicyclic) bond motifs is 1. The van der Waals surface area contributed by atoms with Gasteiger partial charge in [0.1, 0.15) is 0 Å². The van der Waals surface area contributed by atoms with Gasteiger partial charge in [-0.2, -0.15) is 5.48 Å². The maximum absolute atomic E-state index is 11.7. The van der Waals surface area contributed by atoms with E-state index in [1.165, 1.54) is 0 Å². The number of rotatable bonds is 1. The second-order valence-corrected chi connectivity index (χ2v) is 3.59. The molecule has 0 unspecified atom stereocenters. The SMILES string of the molecule is O=C1NOc2ccccc2C1=Cc1cnc[nH]1. The molecule has 1 aliphatic heterocycles. The topological polar surface area (TPSA) is 67.0 Å². The lowest BCUT2D eigenvalue weighted by Crippen LogP contribution is -2.32. The Morgan fingerprint density at radius 2 is 2.18 bits per heavy atom. The van der Waals surface area contributed by atoms with Gasteiger partial charge in [-0.15, -0.1) is 0 Å². The van der Waals surface area contributed by atoms with Gasteiger partial charge in [0.15, 0.2) is 5.75 Å². The van der Waals surface area contributed by atoms with Crippen LogP contribution in [0.1, 0.15) is 11.3 Å². The molecule has 5 nitrogen and oxygen atoms in total. The van der Waals surface area contributed by atoms with Crippen molar-refractivity contribution >= 4 is 17.6 Å². The summed E-state index contributed by atoms with van der Waals surface area (Å²) in [5, 5.41) is 0. The minimum Gasteiger partial charge on any atom is -0.379 e. The Morgan fingerprint density at radius 3 is 3.00 bits per heavy atom. The zero-order valence-corrected chi connectivity index (χ0v) is 8.81. The average Bonchev–Trinajstić information content (AvgIpc) is 2.86. The predicted molar refractivity (Wildman–Crippen MR) is 61.7 cm³/mol. The Labute approximate surface area is 97.1 Å². The molecule has 3 rings (SSSR count). The highest BCUT2D eigenvalue weighted by Gasteiger charge is 2.22. The number of nitrogens with one attached hydrogen (secondary N) is 2. The van der Waals surface area contributed by atoms with Crippen LogP contribution in [0, 0.1) is 0 Å². The second-order valence-electron chi connectivity index (χ2n) is 3.59. The highest BCUT2D eigenvalue weighted by Crippen LogP contribution is 2.29. The molecule has 1 amide bonds. The lowest BCUT2D eigenvalue weighted by molar-refractivity contribution is -0.122. The van der Waals surface area contributed by atoms with Crippen molar-refractivity contribution in [1.82, 2.24) is 15.4 Å². The average molecular weight is 227 g/mol. The van der Waals surface area contributed by atoms with Crippen molar-refractivity contribution in [1.29, 1.82) is 0 Å². The van der Waals surface area contributed by atoms with Crippen LogP contribution in [0.3, 0.4) is 0 Å². The van der Waals surface area contributed by atoms with E-state index in [-0.39, 0.29) is 5.91 Å². The Hall–Kier alpha value is -2.56. The highest BCUT2D eigenvalue weighted by atomic mass is 16.7. The van der Waals surface area contributed by atoms with Gasteiger partial charge in [-0.3, -0.25) is 4.79 Å². The molecule has 2 heterocycles. The fourth-order valence-corrected chi connectivity index (χ4v) is 1.70. The molecule has 0 fully saturated rings. The monoisotopic (exact) mass is 227 g/mol. The smallest absolute Gasteiger partial charge is 0.284 e. The Morgan fingerprint density at radius 1 is 1.29 bits per heavy atom. The summed E-state index contributed by atoms with van der Waals surface area (Å²) in [6.45, 7) is 0. The zero-order chi connectivity index (χ0) is 11.7. The molecule has 0 atom stereocenters. The number of hydroxylamine groups is 1. The zero-order valence-electron chi connectivity index (χ0n) is 8.81. The van der Waals surface area contributed by atoms with Crippen molar-refractivity contribution < 1.29 is 9.63 Å². The summed E-state index contributed by atoms with van der Waals surface area (Å²) in [7, 11) is 0. The van der Waals surface area contributed by atoms with Gasteiger partial charge in [0.25, 0.3) is 5.91 Å². The third-order valence-corrected chi connectivity index (χ3v) is 2.49. The minimum atomic E-state index is -0.265. The number of benzene rings is 1. The normalized spacial score (nSPS) is 16.2. The van der Waals surface area contributed by atoms with Crippen LogP contribution in [0.4, 0.5) is 0 Å². The number of hydrogen-bond donors (Lipinski definition) is 2. The lowest BCUT2D eigenvalue weighted by atomic mass is 10.0. The largest absolute Gasteiger partial charge is 0.379 e. The third-order valence-electron chi connectivity index (χ3n) is 2.49.